The molecule has 0 aromatic carbocycles. The highest BCUT2D eigenvalue weighted by Gasteiger charge is 2.92. The van der Waals surface area contributed by atoms with Crippen LogP contribution in [0.2, 0.25) is 0 Å². The maximum Gasteiger partial charge on any atom is 0.445 e. The van der Waals surface area contributed by atoms with Crippen LogP contribution < -0.4 is 0 Å². The summed E-state index contributed by atoms with van der Waals surface area (Å²) in [6.45, 7) is 0. The summed E-state index contributed by atoms with van der Waals surface area (Å²) in [5.41, 5.74) is 0. The second-order valence-corrected chi connectivity index (χ2v) is 6.90. The van der Waals surface area contributed by atoms with Crippen molar-refractivity contribution in [3.05, 3.63) is 11.7 Å². The van der Waals surface area contributed by atoms with Crippen LogP contribution in [0.5, 0.6) is 0 Å². The molecule has 1 N–H and O–H groups in total. The summed E-state index contributed by atoms with van der Waals surface area (Å²) in [6, 6.07) is 0. The Kier molecular flexibility index (Phi) is 7.33. The highest BCUT2D eigenvalue weighted by Crippen LogP contribution is 2.61. The fraction of sp³-hybridized carbons (Fsp3) is 0.800. The van der Waals surface area contributed by atoms with Gasteiger partial charge in [0.05, 0.1) is 0 Å². The Bertz CT molecular complexity index is 853. The molecule has 0 aromatic heterocycles. The first-order chi connectivity index (χ1) is 13.5. The van der Waals surface area contributed by atoms with E-state index in [9.17, 15) is 87.4 Å². The molecule has 0 amide bonds. The molecule has 0 radical (unpaired) electrons. The van der Waals surface area contributed by atoms with Gasteiger partial charge in [-0.2, -0.15) is 78.7 Å². The van der Waals surface area contributed by atoms with E-state index in [1.54, 1.807) is 0 Å². The van der Waals surface area contributed by atoms with E-state index in [2.05, 4.69) is 0 Å². The predicted octanol–water partition coefficient (Wildman–Crippen LogP) is 5.69. The van der Waals surface area contributed by atoms with E-state index < -0.39 is 69.0 Å². The second-order valence-electron chi connectivity index (χ2n) is 5.43. The normalized spacial score (nSPS) is 17.8. The van der Waals surface area contributed by atoms with Gasteiger partial charge < -0.3 is 0 Å². The maximum absolute atomic E-state index is 13.3. The van der Waals surface area contributed by atoms with E-state index in [4.69, 9.17) is 4.55 Å². The molecule has 192 valence electrons. The molecule has 0 fully saturated rings. The van der Waals surface area contributed by atoms with Gasteiger partial charge in [0.15, 0.2) is 5.83 Å². The van der Waals surface area contributed by atoms with E-state index in [0.29, 0.717) is 0 Å². The standard InChI is InChI=1S/C10H2F18O3S/c11-1(3(13)5(16,17)18)2(12)4(14,15)6(19,20)7(21,22)8(23,24)9(25,26)10(27,28)32(29,30)31/h2H,(H,29,30,31)/b3-1+. The lowest BCUT2D eigenvalue weighted by Crippen LogP contribution is -2.72. The van der Waals surface area contributed by atoms with Gasteiger partial charge >= 0.3 is 51.2 Å². The van der Waals surface area contributed by atoms with Gasteiger partial charge in [-0.25, -0.2) is 8.78 Å². The molecular weight excluding hydrogens is 542 g/mol. The third kappa shape index (κ3) is 4.06. The summed E-state index contributed by atoms with van der Waals surface area (Å²) >= 11 is 0. The van der Waals surface area contributed by atoms with Gasteiger partial charge in [0.25, 0.3) is 0 Å². The van der Waals surface area contributed by atoms with Gasteiger partial charge in [-0.1, -0.05) is 0 Å². The Morgan fingerprint density at radius 1 is 0.625 bits per heavy atom. The third-order valence-corrected chi connectivity index (χ3v) is 4.19. The van der Waals surface area contributed by atoms with Crippen LogP contribution in [0, 0.1) is 0 Å². The topological polar surface area (TPSA) is 54.4 Å². The van der Waals surface area contributed by atoms with Crippen molar-refractivity contribution in [1.29, 1.82) is 0 Å². The summed E-state index contributed by atoms with van der Waals surface area (Å²) in [7, 11) is -7.89. The number of allylic oxidation sites excluding steroid dienone is 2. The monoisotopic (exact) mass is 544 g/mol. The van der Waals surface area contributed by atoms with Gasteiger partial charge in [0, 0.05) is 0 Å². The van der Waals surface area contributed by atoms with Crippen molar-refractivity contribution >= 4 is 10.1 Å². The molecule has 0 aliphatic rings. The Morgan fingerprint density at radius 2 is 0.938 bits per heavy atom. The molecule has 0 spiro atoms. The zero-order valence-electron chi connectivity index (χ0n) is 13.6. The molecule has 0 rings (SSSR count). The largest absolute Gasteiger partial charge is 0.445 e. The molecule has 0 heterocycles. The van der Waals surface area contributed by atoms with Gasteiger partial charge in [0.2, 0.25) is 12.0 Å². The minimum atomic E-state index is -8.74. The third-order valence-electron chi connectivity index (χ3n) is 3.29. The van der Waals surface area contributed by atoms with Crippen LogP contribution >= 0.6 is 0 Å². The zero-order valence-corrected chi connectivity index (χ0v) is 14.4. The molecule has 0 aliphatic heterocycles. The Hall–Kier alpha value is -1.61. The minimum absolute atomic E-state index is 4.63. The van der Waals surface area contributed by atoms with Crippen molar-refractivity contribution in [2.45, 2.75) is 47.2 Å². The van der Waals surface area contributed by atoms with Crippen LogP contribution in [0.3, 0.4) is 0 Å². The molecule has 1 unspecified atom stereocenters. The maximum atomic E-state index is 13.3. The smallest absolute Gasteiger partial charge is 0.281 e. The highest BCUT2D eigenvalue weighted by molar-refractivity contribution is 7.87. The lowest BCUT2D eigenvalue weighted by atomic mass is 9.91. The van der Waals surface area contributed by atoms with Gasteiger partial charge in [0.1, 0.15) is 0 Å². The van der Waals surface area contributed by atoms with Gasteiger partial charge in [-0.05, 0) is 0 Å². The van der Waals surface area contributed by atoms with Crippen LogP contribution in [-0.4, -0.2) is 60.2 Å². The van der Waals surface area contributed by atoms with Gasteiger partial charge in [-0.3, -0.25) is 4.55 Å². The molecular formula is C10H2F18O3S. The van der Waals surface area contributed by atoms with E-state index in [-0.39, 0.29) is 0 Å². The van der Waals surface area contributed by atoms with Crippen LogP contribution in [0.25, 0.3) is 0 Å². The molecule has 0 aromatic rings. The summed E-state index contributed by atoms with van der Waals surface area (Å²) in [5, 5.41) is -7.82. The van der Waals surface area contributed by atoms with Crippen LogP contribution in [-0.2, 0) is 10.1 Å². The second kappa shape index (κ2) is 7.72. The average Bonchev–Trinajstić information content (AvgIpc) is 2.56. The van der Waals surface area contributed by atoms with Crippen molar-refractivity contribution in [2.75, 3.05) is 0 Å². The average molecular weight is 544 g/mol. The van der Waals surface area contributed by atoms with Crippen LogP contribution in [0.4, 0.5) is 79.0 Å². The Balaban J connectivity index is 6.86. The van der Waals surface area contributed by atoms with Gasteiger partial charge in [-0.15, -0.1) is 0 Å². The van der Waals surface area contributed by atoms with E-state index in [0.717, 1.165) is 0 Å². The van der Waals surface area contributed by atoms with Crippen LogP contribution in [0.1, 0.15) is 0 Å². The SMILES string of the molecule is O=S(=O)(O)C(F)(F)C(F)(F)C(F)(F)C(F)(F)C(F)(F)C(F)(F)C(F)/C(F)=C(\F)C(F)(F)F. The molecule has 32 heavy (non-hydrogen) atoms. The molecule has 0 saturated heterocycles. The molecule has 0 bridgehead atoms. The van der Waals surface area contributed by atoms with Crippen molar-refractivity contribution in [1.82, 2.24) is 0 Å². The first-order valence-electron chi connectivity index (χ1n) is 6.48. The Morgan fingerprint density at radius 3 is 1.22 bits per heavy atom. The summed E-state index contributed by atoms with van der Waals surface area (Å²) < 4.78 is 259. The lowest BCUT2D eigenvalue weighted by molar-refractivity contribution is -0.420. The highest BCUT2D eigenvalue weighted by atomic mass is 32.2. The van der Waals surface area contributed by atoms with Crippen LogP contribution in [0.15, 0.2) is 11.7 Å². The molecule has 1 atom stereocenters. The predicted molar refractivity (Wildman–Crippen MR) is 61.4 cm³/mol. The van der Waals surface area contributed by atoms with Crippen molar-refractivity contribution < 1.29 is 92.0 Å². The lowest BCUT2D eigenvalue weighted by Gasteiger charge is -2.40. The number of hydrogen-bond acceptors (Lipinski definition) is 2. The molecule has 0 aliphatic carbocycles. The first-order valence-corrected chi connectivity index (χ1v) is 7.92. The van der Waals surface area contributed by atoms with E-state index in [1.807, 2.05) is 0 Å². The first kappa shape index (κ1) is 30.4. The Labute approximate surface area is 162 Å². The fourth-order valence-electron chi connectivity index (χ4n) is 1.51. The molecule has 3 nitrogen and oxygen atoms in total. The number of alkyl halides is 16. The fourth-order valence-corrected chi connectivity index (χ4v) is 1.97. The number of halogens is 18. The summed E-state index contributed by atoms with van der Waals surface area (Å²) in [4.78, 5) is 0. The van der Waals surface area contributed by atoms with E-state index >= 15 is 0 Å². The molecule has 22 heteroatoms. The van der Waals surface area contributed by atoms with Crippen molar-refractivity contribution in [3.63, 3.8) is 0 Å². The number of rotatable bonds is 8. The van der Waals surface area contributed by atoms with Crippen molar-refractivity contribution in [3.8, 4) is 0 Å². The van der Waals surface area contributed by atoms with E-state index in [1.165, 1.54) is 0 Å². The minimum Gasteiger partial charge on any atom is -0.281 e. The summed E-state index contributed by atoms with van der Waals surface area (Å²) in [6.07, 6.45) is -13.0. The van der Waals surface area contributed by atoms with Crippen molar-refractivity contribution in [2.24, 2.45) is 0 Å². The number of hydrogen-bond donors (Lipinski definition) is 1. The summed E-state index contributed by atoms with van der Waals surface area (Å²) in [5.74, 6) is -51.7. The zero-order chi connectivity index (χ0) is 26.7. The molecule has 0 saturated carbocycles. The quantitative estimate of drug-likeness (QED) is 0.316.